The van der Waals surface area contributed by atoms with Crippen LogP contribution in [-0.2, 0) is 0 Å². The zero-order valence-corrected chi connectivity index (χ0v) is 20.7. The Kier molecular flexibility index (Phi) is 8.05. The first-order valence-corrected chi connectivity index (χ1v) is 12.1. The Balaban J connectivity index is 1.49. The summed E-state index contributed by atoms with van der Waals surface area (Å²) in [5.41, 5.74) is 7.91. The standard InChI is InChI=1S/C25H26Cl2FN5O2/c1-15(21-18(26)7-8-19(28)22(21)27)35-25-23(29)31-14-20(32-25)16-5-4-6-17(13-16)24(34)30-9-12-33-10-2-3-11-33/h4-8,13-15H,2-3,9-12H2,1H3,(H2,29,31)(H,30,34). The Hall–Kier alpha value is -2.94. The Morgan fingerprint density at radius 3 is 2.80 bits per heavy atom. The molecule has 1 saturated heterocycles. The van der Waals surface area contributed by atoms with Gasteiger partial charge in [0.1, 0.15) is 11.9 Å². The second-order valence-electron chi connectivity index (χ2n) is 8.35. The van der Waals surface area contributed by atoms with Crippen LogP contribution in [0, 0.1) is 5.82 Å². The van der Waals surface area contributed by atoms with Gasteiger partial charge in [0.25, 0.3) is 11.8 Å². The average molecular weight is 518 g/mol. The van der Waals surface area contributed by atoms with Crippen molar-refractivity contribution in [3.8, 4) is 17.1 Å². The van der Waals surface area contributed by atoms with Gasteiger partial charge in [0, 0.05) is 34.8 Å². The van der Waals surface area contributed by atoms with E-state index in [1.165, 1.54) is 31.2 Å². The maximum Gasteiger partial charge on any atom is 0.258 e. The number of rotatable bonds is 8. The maximum atomic E-state index is 13.9. The molecule has 10 heteroatoms. The van der Waals surface area contributed by atoms with E-state index in [4.69, 9.17) is 33.7 Å². The summed E-state index contributed by atoms with van der Waals surface area (Å²) >= 11 is 12.3. The zero-order chi connectivity index (χ0) is 24.9. The summed E-state index contributed by atoms with van der Waals surface area (Å²) in [4.78, 5) is 23.6. The van der Waals surface area contributed by atoms with E-state index < -0.39 is 11.9 Å². The number of nitrogens with zero attached hydrogens (tertiary/aromatic N) is 3. The van der Waals surface area contributed by atoms with Gasteiger partial charge in [-0.25, -0.2) is 14.4 Å². The molecule has 2 heterocycles. The van der Waals surface area contributed by atoms with Crippen LogP contribution in [0.25, 0.3) is 11.3 Å². The normalized spacial score (nSPS) is 14.6. The lowest BCUT2D eigenvalue weighted by molar-refractivity contribution is 0.0950. The van der Waals surface area contributed by atoms with Crippen molar-refractivity contribution in [1.82, 2.24) is 20.2 Å². The van der Waals surface area contributed by atoms with E-state index in [9.17, 15) is 9.18 Å². The number of amides is 1. The minimum absolute atomic E-state index is 0.0480. The number of hydrogen-bond donors (Lipinski definition) is 2. The highest BCUT2D eigenvalue weighted by molar-refractivity contribution is 6.36. The highest BCUT2D eigenvalue weighted by atomic mass is 35.5. The van der Waals surface area contributed by atoms with Gasteiger partial charge in [0.05, 0.1) is 16.9 Å². The molecule has 184 valence electrons. The van der Waals surface area contributed by atoms with Crippen molar-refractivity contribution >= 4 is 34.9 Å². The lowest BCUT2D eigenvalue weighted by atomic mass is 10.1. The van der Waals surface area contributed by atoms with Crippen LogP contribution in [0.15, 0.2) is 42.6 Å². The lowest BCUT2D eigenvalue weighted by Crippen LogP contribution is -2.33. The molecule has 3 N–H and O–H groups in total. The number of likely N-dealkylation sites (tertiary alicyclic amines) is 1. The fourth-order valence-corrected chi connectivity index (χ4v) is 4.68. The van der Waals surface area contributed by atoms with Crippen molar-refractivity contribution in [1.29, 1.82) is 0 Å². The second kappa shape index (κ2) is 11.2. The first-order chi connectivity index (χ1) is 16.8. The van der Waals surface area contributed by atoms with Gasteiger partial charge >= 0.3 is 0 Å². The molecule has 0 bridgehead atoms. The van der Waals surface area contributed by atoms with E-state index >= 15 is 0 Å². The van der Waals surface area contributed by atoms with Gasteiger partial charge in [-0.3, -0.25) is 4.79 Å². The van der Waals surface area contributed by atoms with Crippen molar-refractivity contribution in [3.63, 3.8) is 0 Å². The minimum Gasteiger partial charge on any atom is -0.467 e. The smallest absolute Gasteiger partial charge is 0.258 e. The topological polar surface area (TPSA) is 93.4 Å². The molecule has 0 radical (unpaired) electrons. The van der Waals surface area contributed by atoms with Gasteiger partial charge < -0.3 is 20.7 Å². The van der Waals surface area contributed by atoms with Crippen LogP contribution in [0.2, 0.25) is 10.0 Å². The van der Waals surface area contributed by atoms with Crippen LogP contribution in [-0.4, -0.2) is 47.0 Å². The third kappa shape index (κ3) is 6.01. The number of halogens is 3. The molecular formula is C25H26Cl2FN5O2. The highest BCUT2D eigenvalue weighted by Gasteiger charge is 2.21. The van der Waals surface area contributed by atoms with Gasteiger partial charge in [-0.2, -0.15) is 0 Å². The monoisotopic (exact) mass is 517 g/mol. The Labute approximate surface area is 213 Å². The number of carbonyl (C=O) groups is 1. The predicted octanol–water partition coefficient (Wildman–Crippen LogP) is 5.14. The van der Waals surface area contributed by atoms with E-state index in [2.05, 4.69) is 20.2 Å². The van der Waals surface area contributed by atoms with Crippen LogP contribution in [0.4, 0.5) is 10.2 Å². The molecular weight excluding hydrogens is 492 g/mol. The van der Waals surface area contributed by atoms with Gasteiger partial charge in [-0.15, -0.1) is 0 Å². The van der Waals surface area contributed by atoms with E-state index in [1.807, 2.05) is 6.07 Å². The molecule has 1 aromatic heterocycles. The molecule has 1 atom stereocenters. The fourth-order valence-electron chi connectivity index (χ4n) is 4.00. The largest absolute Gasteiger partial charge is 0.467 e. The number of benzene rings is 2. The van der Waals surface area contributed by atoms with Crippen LogP contribution in [0.5, 0.6) is 5.88 Å². The molecule has 35 heavy (non-hydrogen) atoms. The number of carbonyl (C=O) groups excluding carboxylic acids is 1. The number of aromatic nitrogens is 2. The Morgan fingerprint density at radius 1 is 1.26 bits per heavy atom. The lowest BCUT2D eigenvalue weighted by Gasteiger charge is -2.18. The number of hydrogen-bond acceptors (Lipinski definition) is 6. The summed E-state index contributed by atoms with van der Waals surface area (Å²) < 4.78 is 19.8. The molecule has 0 saturated carbocycles. The van der Waals surface area contributed by atoms with Crippen LogP contribution in [0.3, 0.4) is 0 Å². The molecule has 0 spiro atoms. The second-order valence-corrected chi connectivity index (χ2v) is 9.13. The quantitative estimate of drug-likeness (QED) is 0.402. The predicted molar refractivity (Wildman–Crippen MR) is 135 cm³/mol. The van der Waals surface area contributed by atoms with Gasteiger partial charge in [-0.05, 0) is 57.1 Å². The Morgan fingerprint density at radius 2 is 2.03 bits per heavy atom. The fraction of sp³-hybridized carbons (Fsp3) is 0.320. The van der Waals surface area contributed by atoms with Crippen molar-refractivity contribution in [2.75, 3.05) is 31.9 Å². The maximum absolute atomic E-state index is 13.9. The summed E-state index contributed by atoms with van der Waals surface area (Å²) in [6, 6.07) is 9.66. The summed E-state index contributed by atoms with van der Waals surface area (Å²) in [6.07, 6.45) is 3.18. The average Bonchev–Trinajstić information content (AvgIpc) is 3.37. The zero-order valence-electron chi connectivity index (χ0n) is 19.2. The van der Waals surface area contributed by atoms with E-state index in [0.29, 0.717) is 23.4 Å². The molecule has 1 aliphatic rings. The number of anilines is 1. The van der Waals surface area contributed by atoms with Crippen molar-refractivity contribution < 1.29 is 13.9 Å². The number of nitrogens with one attached hydrogen (secondary N) is 1. The first kappa shape index (κ1) is 25.2. The van der Waals surface area contributed by atoms with E-state index in [-0.39, 0.29) is 33.2 Å². The van der Waals surface area contributed by atoms with Gasteiger partial charge in [0.2, 0.25) is 0 Å². The first-order valence-electron chi connectivity index (χ1n) is 11.4. The van der Waals surface area contributed by atoms with Crippen molar-refractivity contribution in [3.05, 3.63) is 69.6 Å². The van der Waals surface area contributed by atoms with Crippen LogP contribution >= 0.6 is 23.2 Å². The molecule has 1 amide bonds. The van der Waals surface area contributed by atoms with Crippen molar-refractivity contribution in [2.45, 2.75) is 25.9 Å². The molecule has 1 fully saturated rings. The number of nitrogens with two attached hydrogens (primary N) is 1. The molecule has 0 aliphatic carbocycles. The third-order valence-corrected chi connectivity index (χ3v) is 6.59. The van der Waals surface area contributed by atoms with Crippen LogP contribution < -0.4 is 15.8 Å². The summed E-state index contributed by atoms with van der Waals surface area (Å²) in [6.45, 7) is 5.26. The van der Waals surface area contributed by atoms with Crippen LogP contribution in [0.1, 0.15) is 41.8 Å². The Bertz CT molecular complexity index is 1220. The summed E-state index contributed by atoms with van der Waals surface area (Å²) in [7, 11) is 0. The summed E-state index contributed by atoms with van der Waals surface area (Å²) in [5, 5.41) is 3.10. The molecule has 7 nitrogen and oxygen atoms in total. The van der Waals surface area contributed by atoms with E-state index in [0.717, 1.165) is 19.6 Å². The molecule has 1 aliphatic heterocycles. The number of nitrogen functional groups attached to an aromatic ring is 1. The number of ether oxygens (including phenoxy) is 1. The third-order valence-electron chi connectivity index (χ3n) is 5.87. The van der Waals surface area contributed by atoms with E-state index in [1.54, 1.807) is 25.1 Å². The van der Waals surface area contributed by atoms with Gasteiger partial charge in [0.15, 0.2) is 5.82 Å². The van der Waals surface area contributed by atoms with Crippen molar-refractivity contribution in [2.24, 2.45) is 0 Å². The molecule has 1 unspecified atom stereocenters. The molecule has 2 aromatic carbocycles. The highest BCUT2D eigenvalue weighted by Crippen LogP contribution is 2.35. The SMILES string of the molecule is CC(Oc1nc(-c2cccc(C(=O)NCCN3CCCC3)c2)cnc1N)c1c(Cl)ccc(F)c1Cl. The summed E-state index contributed by atoms with van der Waals surface area (Å²) in [5.74, 6) is -0.660. The molecule has 3 aromatic rings. The minimum atomic E-state index is -0.745. The van der Waals surface area contributed by atoms with Gasteiger partial charge in [-0.1, -0.05) is 35.3 Å². The molecule has 4 rings (SSSR count).